The Morgan fingerprint density at radius 1 is 1.16 bits per heavy atom. The van der Waals surface area contributed by atoms with E-state index in [1.54, 1.807) is 6.92 Å². The smallest absolute Gasteiger partial charge is 0.334 e. The third-order valence-electron chi connectivity index (χ3n) is 2.42. The quantitative estimate of drug-likeness (QED) is 0.670. The van der Waals surface area contributed by atoms with Gasteiger partial charge in [-0.1, -0.05) is 44.2 Å². The van der Waals surface area contributed by atoms with Crippen molar-refractivity contribution in [3.8, 4) is 0 Å². The molecule has 1 aromatic rings. The predicted molar refractivity (Wildman–Crippen MR) is 74.7 cm³/mol. The number of carboxylic acid groups (broad SMARTS) is 1. The van der Waals surface area contributed by atoms with Crippen LogP contribution in [0.2, 0.25) is 0 Å². The van der Waals surface area contributed by atoms with Gasteiger partial charge in [0.2, 0.25) is 0 Å². The maximum atomic E-state index is 11.5. The molecule has 0 saturated heterocycles. The minimum absolute atomic E-state index is 0.172. The van der Waals surface area contributed by atoms with Crippen LogP contribution in [0, 0.1) is 0 Å². The van der Waals surface area contributed by atoms with Crippen LogP contribution >= 0.6 is 0 Å². The number of esters is 1. The Hall–Kier alpha value is -2.10. The van der Waals surface area contributed by atoms with E-state index in [-0.39, 0.29) is 12.0 Å². The molecule has 0 aliphatic heterocycles. The third-order valence-corrected chi connectivity index (χ3v) is 2.42. The van der Waals surface area contributed by atoms with Crippen LogP contribution in [-0.4, -0.2) is 24.2 Å². The highest BCUT2D eigenvalue weighted by Gasteiger charge is 2.17. The van der Waals surface area contributed by atoms with Gasteiger partial charge in [-0.2, -0.15) is 0 Å². The summed E-state index contributed by atoms with van der Waals surface area (Å²) in [7, 11) is 1.24. The first-order valence-electron chi connectivity index (χ1n) is 6.11. The summed E-state index contributed by atoms with van der Waals surface area (Å²) in [6, 6.07) is 9.15. The number of hydrogen-bond acceptors (Lipinski definition) is 3. The van der Waals surface area contributed by atoms with E-state index in [0.717, 1.165) is 5.56 Å². The second-order valence-corrected chi connectivity index (χ2v) is 3.53. The molecule has 4 heteroatoms. The van der Waals surface area contributed by atoms with Gasteiger partial charge in [-0.25, -0.2) is 4.79 Å². The van der Waals surface area contributed by atoms with Crippen LogP contribution in [0.5, 0.6) is 0 Å². The first-order chi connectivity index (χ1) is 9.06. The van der Waals surface area contributed by atoms with E-state index in [9.17, 15) is 9.59 Å². The summed E-state index contributed by atoms with van der Waals surface area (Å²) in [5.74, 6) is -1.66. The van der Waals surface area contributed by atoms with Crippen molar-refractivity contribution in [2.45, 2.75) is 27.2 Å². The van der Waals surface area contributed by atoms with Gasteiger partial charge in [-0.3, -0.25) is 4.79 Å². The molecule has 0 aliphatic carbocycles. The molecule has 104 valence electrons. The van der Waals surface area contributed by atoms with Gasteiger partial charge in [0.25, 0.3) is 0 Å². The molecule has 1 rings (SSSR count). The summed E-state index contributed by atoms with van der Waals surface area (Å²) in [6.07, 6.45) is -0.340. The van der Waals surface area contributed by atoms with Crippen molar-refractivity contribution < 1.29 is 19.4 Å². The number of carbonyl (C=O) groups is 2. The van der Waals surface area contributed by atoms with Crippen molar-refractivity contribution in [1.29, 1.82) is 0 Å². The van der Waals surface area contributed by atoms with Crippen LogP contribution in [0.25, 0.3) is 5.57 Å². The minimum Gasteiger partial charge on any atom is -0.481 e. The molecule has 1 N–H and O–H groups in total. The lowest BCUT2D eigenvalue weighted by Gasteiger charge is -2.08. The largest absolute Gasteiger partial charge is 0.481 e. The van der Waals surface area contributed by atoms with Crippen LogP contribution in [0.3, 0.4) is 0 Å². The Labute approximate surface area is 113 Å². The van der Waals surface area contributed by atoms with Crippen LogP contribution in [0.1, 0.15) is 32.8 Å². The number of carbonyl (C=O) groups excluding carboxylic acids is 1. The number of carboxylic acids is 1. The summed E-state index contributed by atoms with van der Waals surface area (Å²) < 4.78 is 4.60. The molecular formula is C15H20O4. The molecule has 0 saturated carbocycles. The molecular weight excluding hydrogens is 244 g/mol. The lowest BCUT2D eigenvalue weighted by atomic mass is 9.99. The highest BCUT2D eigenvalue weighted by atomic mass is 16.5. The van der Waals surface area contributed by atoms with E-state index in [0.29, 0.717) is 5.57 Å². The van der Waals surface area contributed by atoms with Crippen LogP contribution in [0.15, 0.2) is 35.9 Å². The first-order valence-corrected chi connectivity index (χ1v) is 6.11. The van der Waals surface area contributed by atoms with Gasteiger partial charge in [-0.05, 0) is 18.1 Å². The van der Waals surface area contributed by atoms with Gasteiger partial charge in [-0.15, -0.1) is 0 Å². The summed E-state index contributed by atoms with van der Waals surface area (Å²) in [6.45, 7) is 5.71. The lowest BCUT2D eigenvalue weighted by molar-refractivity contribution is -0.141. The minimum atomic E-state index is -1.05. The zero-order valence-electron chi connectivity index (χ0n) is 11.8. The number of hydrogen-bond donors (Lipinski definition) is 1. The molecule has 0 fully saturated rings. The van der Waals surface area contributed by atoms with Crippen LogP contribution in [-0.2, 0) is 14.3 Å². The van der Waals surface area contributed by atoms with Crippen molar-refractivity contribution in [3.63, 3.8) is 0 Å². The van der Waals surface area contributed by atoms with E-state index in [1.165, 1.54) is 7.11 Å². The Morgan fingerprint density at radius 3 is 2.11 bits per heavy atom. The molecule has 0 aromatic heterocycles. The fraction of sp³-hybridized carbons (Fsp3) is 0.333. The highest BCUT2D eigenvalue weighted by molar-refractivity contribution is 6.00. The van der Waals surface area contributed by atoms with Crippen molar-refractivity contribution in [2.24, 2.45) is 0 Å². The Bertz CT molecular complexity index is 446. The van der Waals surface area contributed by atoms with Gasteiger partial charge in [0, 0.05) is 0 Å². The van der Waals surface area contributed by atoms with Gasteiger partial charge in [0.05, 0.1) is 19.1 Å². The molecule has 0 amide bonds. The van der Waals surface area contributed by atoms with E-state index >= 15 is 0 Å². The summed E-state index contributed by atoms with van der Waals surface area (Å²) in [5.41, 5.74) is 1.61. The van der Waals surface area contributed by atoms with Crippen molar-refractivity contribution in [2.75, 3.05) is 7.11 Å². The topological polar surface area (TPSA) is 63.6 Å². The van der Waals surface area contributed by atoms with E-state index < -0.39 is 11.9 Å². The fourth-order valence-corrected chi connectivity index (χ4v) is 1.49. The Balaban J connectivity index is 0.00000154. The number of allylic oxidation sites excluding steroid dienone is 1. The molecule has 0 unspecified atom stereocenters. The molecule has 0 heterocycles. The maximum Gasteiger partial charge on any atom is 0.334 e. The normalized spacial score (nSPS) is 10.7. The molecule has 0 aliphatic rings. The van der Waals surface area contributed by atoms with Gasteiger partial charge < -0.3 is 9.84 Å². The third kappa shape index (κ3) is 5.38. The van der Waals surface area contributed by atoms with Crippen molar-refractivity contribution in [3.05, 3.63) is 41.5 Å². The second kappa shape index (κ2) is 8.91. The molecule has 4 nitrogen and oxygen atoms in total. The highest BCUT2D eigenvalue weighted by Crippen LogP contribution is 2.21. The summed E-state index contributed by atoms with van der Waals surface area (Å²) in [5, 5.41) is 8.78. The molecule has 19 heavy (non-hydrogen) atoms. The zero-order valence-corrected chi connectivity index (χ0v) is 11.8. The Kier molecular flexibility index (Phi) is 7.93. The van der Waals surface area contributed by atoms with E-state index in [1.807, 2.05) is 44.2 Å². The standard InChI is InChI=1S/C13H14O4.C2H6/c1-9(10-6-4-3-5-7-10)11(8-12(14)15)13(16)17-2;1-2/h3-7H,8H2,1-2H3,(H,14,15);1-2H3/b11-9+;. The van der Waals surface area contributed by atoms with Crippen LogP contribution < -0.4 is 0 Å². The average molecular weight is 264 g/mol. The number of ether oxygens (including phenoxy) is 1. The first kappa shape index (κ1) is 16.9. The number of aliphatic carboxylic acids is 1. The number of benzene rings is 1. The SMILES string of the molecule is CC.COC(=O)/C(CC(=O)O)=C(\C)c1ccccc1. The molecule has 0 atom stereocenters. The number of rotatable bonds is 4. The Morgan fingerprint density at radius 2 is 1.68 bits per heavy atom. The molecule has 1 aromatic carbocycles. The summed E-state index contributed by atoms with van der Waals surface area (Å²) >= 11 is 0. The van der Waals surface area contributed by atoms with Gasteiger partial charge in [0.15, 0.2) is 0 Å². The van der Waals surface area contributed by atoms with E-state index in [4.69, 9.17) is 5.11 Å². The predicted octanol–water partition coefficient (Wildman–Crippen LogP) is 3.13. The number of methoxy groups -OCH3 is 1. The maximum absolute atomic E-state index is 11.5. The van der Waals surface area contributed by atoms with Crippen LogP contribution in [0.4, 0.5) is 0 Å². The zero-order chi connectivity index (χ0) is 14.8. The fourth-order valence-electron chi connectivity index (χ4n) is 1.49. The van der Waals surface area contributed by atoms with Gasteiger partial charge in [0.1, 0.15) is 0 Å². The van der Waals surface area contributed by atoms with Crippen molar-refractivity contribution >= 4 is 17.5 Å². The summed E-state index contributed by atoms with van der Waals surface area (Å²) in [4.78, 5) is 22.2. The van der Waals surface area contributed by atoms with Gasteiger partial charge >= 0.3 is 11.9 Å². The lowest BCUT2D eigenvalue weighted by Crippen LogP contribution is -2.11. The van der Waals surface area contributed by atoms with Crippen molar-refractivity contribution in [1.82, 2.24) is 0 Å². The monoisotopic (exact) mass is 264 g/mol. The average Bonchev–Trinajstić information content (AvgIpc) is 2.46. The second-order valence-electron chi connectivity index (χ2n) is 3.53. The molecule has 0 spiro atoms. The van der Waals surface area contributed by atoms with E-state index in [2.05, 4.69) is 4.74 Å². The molecule has 0 radical (unpaired) electrons. The molecule has 0 bridgehead atoms.